The lowest BCUT2D eigenvalue weighted by atomic mass is 10.1. The maximum absolute atomic E-state index is 10.7. The fourth-order valence-electron chi connectivity index (χ4n) is 0.749. The Morgan fingerprint density at radius 2 is 2.50 bits per heavy atom. The molecule has 0 saturated carbocycles. The topological polar surface area (TPSA) is 17.1 Å². The predicted octanol–water partition coefficient (Wildman–Crippen LogP) is 1.29. The zero-order valence-electron chi connectivity index (χ0n) is 5.18. The Bertz CT molecular complexity index is 149. The molecule has 0 aliphatic carbocycles. The molecule has 0 aromatic heterocycles. The Hall–Kier alpha value is -0.110. The second kappa shape index (κ2) is 2.02. The van der Waals surface area contributed by atoms with Crippen LogP contribution in [0.15, 0.2) is 11.0 Å². The van der Waals surface area contributed by atoms with E-state index in [4.69, 9.17) is 0 Å². The summed E-state index contributed by atoms with van der Waals surface area (Å²) in [7, 11) is -0.645. The van der Waals surface area contributed by atoms with E-state index < -0.39 is 10.8 Å². The van der Waals surface area contributed by atoms with Gasteiger partial charge in [-0.25, -0.2) is 0 Å². The van der Waals surface area contributed by atoms with Crippen LogP contribution < -0.4 is 0 Å². The molecule has 2 atom stereocenters. The number of rotatable bonds is 0. The van der Waals surface area contributed by atoms with E-state index in [2.05, 4.69) is 6.92 Å². The first kappa shape index (κ1) is 6.02. The maximum Gasteiger partial charge on any atom is 0.0461 e. The van der Waals surface area contributed by atoms with Crippen LogP contribution in [-0.2, 0) is 10.8 Å². The van der Waals surface area contributed by atoms with Gasteiger partial charge in [0.15, 0.2) is 0 Å². The lowest BCUT2D eigenvalue weighted by Crippen LogP contribution is -1.96. The van der Waals surface area contributed by atoms with Crippen molar-refractivity contribution in [2.24, 2.45) is 5.92 Å². The highest BCUT2D eigenvalue weighted by atomic mass is 32.2. The van der Waals surface area contributed by atoms with Crippen molar-refractivity contribution in [3.8, 4) is 0 Å². The Kier molecular flexibility index (Phi) is 1.52. The van der Waals surface area contributed by atoms with Gasteiger partial charge < -0.3 is 0 Å². The van der Waals surface area contributed by atoms with Crippen molar-refractivity contribution >= 4 is 10.8 Å². The zero-order valence-corrected chi connectivity index (χ0v) is 5.99. The summed E-state index contributed by atoms with van der Waals surface area (Å²) in [6.07, 6.45) is 0. The molecule has 1 aliphatic heterocycles. The summed E-state index contributed by atoms with van der Waals surface area (Å²) in [6, 6.07) is 0. The fraction of sp³-hybridized carbons (Fsp3) is 0.667. The molecule has 0 bridgehead atoms. The Morgan fingerprint density at radius 1 is 1.88 bits per heavy atom. The molecule has 0 spiro atoms. The summed E-state index contributed by atoms with van der Waals surface area (Å²) < 4.78 is 10.7. The van der Waals surface area contributed by atoms with Crippen molar-refractivity contribution in [2.45, 2.75) is 13.8 Å². The standard InChI is InChI=1S/C6H10OS/c1-5-3-8(7)4-6(5)2/h3,6H,4H2,1-2H3. The van der Waals surface area contributed by atoms with E-state index in [9.17, 15) is 4.21 Å². The van der Waals surface area contributed by atoms with Crippen LogP contribution in [0.1, 0.15) is 13.8 Å². The van der Waals surface area contributed by atoms with Crippen molar-refractivity contribution in [1.29, 1.82) is 0 Å². The molecule has 8 heavy (non-hydrogen) atoms. The highest BCUT2D eigenvalue weighted by molar-refractivity contribution is 7.88. The first-order chi connectivity index (χ1) is 3.70. The Labute approximate surface area is 52.2 Å². The van der Waals surface area contributed by atoms with Crippen LogP contribution in [0.4, 0.5) is 0 Å². The van der Waals surface area contributed by atoms with Gasteiger partial charge in [0.2, 0.25) is 0 Å². The molecule has 0 radical (unpaired) electrons. The van der Waals surface area contributed by atoms with Gasteiger partial charge in [0, 0.05) is 22.0 Å². The molecule has 0 saturated heterocycles. The second-order valence-electron chi connectivity index (χ2n) is 2.31. The van der Waals surface area contributed by atoms with Crippen LogP contribution in [0.2, 0.25) is 0 Å². The highest BCUT2D eigenvalue weighted by Gasteiger charge is 2.14. The SMILES string of the molecule is CC1=CS(=O)CC1C. The van der Waals surface area contributed by atoms with Gasteiger partial charge >= 0.3 is 0 Å². The Morgan fingerprint density at radius 3 is 2.62 bits per heavy atom. The molecule has 2 heteroatoms. The van der Waals surface area contributed by atoms with Crippen LogP contribution in [0.5, 0.6) is 0 Å². The second-order valence-corrected chi connectivity index (χ2v) is 3.64. The van der Waals surface area contributed by atoms with Crippen LogP contribution in [0.3, 0.4) is 0 Å². The highest BCUT2D eigenvalue weighted by Crippen LogP contribution is 2.18. The quantitative estimate of drug-likeness (QED) is 0.483. The average Bonchev–Trinajstić information content (AvgIpc) is 1.85. The van der Waals surface area contributed by atoms with Crippen LogP contribution >= 0.6 is 0 Å². The molecule has 1 heterocycles. The monoisotopic (exact) mass is 130 g/mol. The molecule has 0 amide bonds. The third-order valence-corrected chi connectivity index (χ3v) is 2.97. The van der Waals surface area contributed by atoms with Crippen LogP contribution in [0.25, 0.3) is 0 Å². The minimum Gasteiger partial charge on any atom is -0.255 e. The van der Waals surface area contributed by atoms with Crippen LogP contribution in [-0.4, -0.2) is 9.96 Å². The van der Waals surface area contributed by atoms with Gasteiger partial charge in [-0.2, -0.15) is 0 Å². The normalized spacial score (nSPS) is 37.5. The summed E-state index contributed by atoms with van der Waals surface area (Å²) in [6.45, 7) is 4.15. The van der Waals surface area contributed by atoms with Crippen molar-refractivity contribution in [1.82, 2.24) is 0 Å². The first-order valence-electron chi connectivity index (χ1n) is 2.75. The molecule has 0 N–H and O–H groups in total. The summed E-state index contributed by atoms with van der Waals surface area (Å²) >= 11 is 0. The lowest BCUT2D eigenvalue weighted by Gasteiger charge is -1.97. The van der Waals surface area contributed by atoms with E-state index >= 15 is 0 Å². The number of hydrogen-bond acceptors (Lipinski definition) is 1. The van der Waals surface area contributed by atoms with Gasteiger partial charge in [0.25, 0.3) is 0 Å². The molecule has 0 aromatic carbocycles. The van der Waals surface area contributed by atoms with E-state index in [1.54, 1.807) is 0 Å². The van der Waals surface area contributed by atoms with Crippen molar-refractivity contribution < 1.29 is 4.21 Å². The Balaban J connectivity index is 2.73. The maximum atomic E-state index is 10.7. The molecule has 2 unspecified atom stereocenters. The average molecular weight is 130 g/mol. The van der Waals surface area contributed by atoms with Gasteiger partial charge in [-0.05, 0) is 12.8 Å². The van der Waals surface area contributed by atoms with Crippen LogP contribution in [0, 0.1) is 5.92 Å². The van der Waals surface area contributed by atoms with E-state index in [-0.39, 0.29) is 0 Å². The smallest absolute Gasteiger partial charge is 0.0461 e. The summed E-state index contributed by atoms with van der Waals surface area (Å²) in [5.41, 5.74) is 1.28. The molecule has 46 valence electrons. The number of hydrogen-bond donors (Lipinski definition) is 0. The largest absolute Gasteiger partial charge is 0.255 e. The molecule has 1 nitrogen and oxygen atoms in total. The third-order valence-electron chi connectivity index (χ3n) is 1.51. The van der Waals surface area contributed by atoms with Gasteiger partial charge in [-0.3, -0.25) is 4.21 Å². The molecule has 1 aliphatic rings. The molecular formula is C6H10OS. The van der Waals surface area contributed by atoms with E-state index in [1.165, 1.54) is 5.57 Å². The van der Waals surface area contributed by atoms with Gasteiger partial charge in [-0.1, -0.05) is 12.5 Å². The van der Waals surface area contributed by atoms with E-state index in [0.717, 1.165) is 5.75 Å². The zero-order chi connectivity index (χ0) is 6.15. The molecule has 0 aromatic rings. The van der Waals surface area contributed by atoms with E-state index in [1.807, 2.05) is 12.3 Å². The summed E-state index contributed by atoms with van der Waals surface area (Å²) in [5, 5.41) is 1.85. The minimum absolute atomic E-state index is 0.552. The lowest BCUT2D eigenvalue weighted by molar-refractivity contribution is 0.683. The number of allylic oxidation sites excluding steroid dienone is 1. The molecule has 0 fully saturated rings. The van der Waals surface area contributed by atoms with Gasteiger partial charge in [0.1, 0.15) is 0 Å². The van der Waals surface area contributed by atoms with Crippen molar-refractivity contribution in [3.63, 3.8) is 0 Å². The van der Waals surface area contributed by atoms with Crippen molar-refractivity contribution in [3.05, 3.63) is 11.0 Å². The fourth-order valence-corrected chi connectivity index (χ4v) is 2.25. The third kappa shape index (κ3) is 0.996. The predicted molar refractivity (Wildman–Crippen MR) is 35.9 cm³/mol. The minimum atomic E-state index is -0.645. The summed E-state index contributed by atoms with van der Waals surface area (Å²) in [5.74, 6) is 1.39. The van der Waals surface area contributed by atoms with Crippen molar-refractivity contribution in [2.75, 3.05) is 5.75 Å². The van der Waals surface area contributed by atoms with E-state index in [0.29, 0.717) is 5.92 Å². The molecular weight excluding hydrogens is 120 g/mol. The van der Waals surface area contributed by atoms with Gasteiger partial charge in [-0.15, -0.1) is 0 Å². The molecule has 1 rings (SSSR count). The van der Waals surface area contributed by atoms with Gasteiger partial charge in [0.05, 0.1) is 0 Å². The first-order valence-corrected chi connectivity index (χ1v) is 4.14. The summed E-state index contributed by atoms with van der Waals surface area (Å²) in [4.78, 5) is 0.